The van der Waals surface area contributed by atoms with Crippen molar-refractivity contribution in [3.05, 3.63) is 28.6 Å². The van der Waals surface area contributed by atoms with Crippen LogP contribution in [0.3, 0.4) is 0 Å². The van der Waals surface area contributed by atoms with E-state index in [1.807, 2.05) is 0 Å². The lowest BCUT2D eigenvalue weighted by Gasteiger charge is -2.17. The molecule has 0 aliphatic rings. The summed E-state index contributed by atoms with van der Waals surface area (Å²) in [5.41, 5.74) is 7.17. The number of aliphatic hydroxyl groups is 1. The average Bonchev–Trinajstić information content (AvgIpc) is 2.24. The van der Waals surface area contributed by atoms with Crippen molar-refractivity contribution in [1.82, 2.24) is 0 Å². The number of ether oxygens (including phenoxy) is 1. The van der Waals surface area contributed by atoms with Crippen molar-refractivity contribution in [2.24, 2.45) is 5.73 Å². The normalized spacial score (nSPS) is 12.6. The van der Waals surface area contributed by atoms with E-state index in [0.717, 1.165) is 0 Å². The van der Waals surface area contributed by atoms with Crippen LogP contribution in [-0.4, -0.2) is 18.8 Å². The molecule has 1 rings (SSSR count). The number of hydrogen-bond donors (Lipinski definition) is 2. The third kappa shape index (κ3) is 2.33. The van der Waals surface area contributed by atoms with E-state index in [0.29, 0.717) is 29.7 Å². The van der Waals surface area contributed by atoms with Gasteiger partial charge in [0.25, 0.3) is 0 Å². The van der Waals surface area contributed by atoms with Gasteiger partial charge in [-0.2, -0.15) is 0 Å². The number of aryl methyl sites for hydroxylation is 1. The lowest BCUT2D eigenvalue weighted by Crippen LogP contribution is -2.09. The smallest absolute Gasteiger partial charge is 0.168 e. The van der Waals surface area contributed by atoms with Gasteiger partial charge in [-0.15, -0.1) is 0 Å². The van der Waals surface area contributed by atoms with Crippen LogP contribution in [0.5, 0.6) is 5.75 Å². The van der Waals surface area contributed by atoms with Crippen LogP contribution >= 0.6 is 0 Å². The molecule has 1 aromatic rings. The van der Waals surface area contributed by atoms with Crippen LogP contribution in [0.25, 0.3) is 0 Å². The quantitative estimate of drug-likeness (QED) is 0.825. The fourth-order valence-electron chi connectivity index (χ4n) is 1.78. The first kappa shape index (κ1) is 12.9. The number of benzene rings is 1. The van der Waals surface area contributed by atoms with Crippen LogP contribution in [0, 0.1) is 19.7 Å². The molecule has 4 heteroatoms. The topological polar surface area (TPSA) is 55.5 Å². The van der Waals surface area contributed by atoms with Crippen molar-refractivity contribution in [1.29, 1.82) is 0 Å². The summed E-state index contributed by atoms with van der Waals surface area (Å²) in [4.78, 5) is 0. The molecule has 0 aliphatic carbocycles. The lowest BCUT2D eigenvalue weighted by atomic mass is 9.97. The second-order valence-electron chi connectivity index (χ2n) is 3.85. The monoisotopic (exact) mass is 227 g/mol. The highest BCUT2D eigenvalue weighted by Crippen LogP contribution is 2.32. The summed E-state index contributed by atoms with van der Waals surface area (Å²) >= 11 is 0. The maximum atomic E-state index is 13.7. The van der Waals surface area contributed by atoms with Crippen LogP contribution in [0.1, 0.15) is 29.2 Å². The summed E-state index contributed by atoms with van der Waals surface area (Å²) in [6.45, 7) is 3.77. The van der Waals surface area contributed by atoms with Gasteiger partial charge in [-0.1, -0.05) is 6.07 Å². The van der Waals surface area contributed by atoms with Gasteiger partial charge >= 0.3 is 0 Å². The minimum Gasteiger partial charge on any atom is -0.493 e. The van der Waals surface area contributed by atoms with E-state index >= 15 is 0 Å². The molecule has 90 valence electrons. The molecule has 0 radical (unpaired) electrons. The number of nitrogens with two attached hydrogens (primary N) is 1. The van der Waals surface area contributed by atoms with Crippen LogP contribution in [0.4, 0.5) is 4.39 Å². The Morgan fingerprint density at radius 3 is 2.62 bits per heavy atom. The standard InChI is InChI=1S/C12H18FNO2/c1-7-6-9(10(15)4-5-14)8(2)12(16-3)11(7)13/h6,10,15H,4-5,14H2,1-3H3. The van der Waals surface area contributed by atoms with Crippen molar-refractivity contribution in [2.75, 3.05) is 13.7 Å². The Bertz CT molecular complexity index is 380. The van der Waals surface area contributed by atoms with E-state index in [-0.39, 0.29) is 11.6 Å². The minimum atomic E-state index is -0.668. The summed E-state index contributed by atoms with van der Waals surface area (Å²) in [6, 6.07) is 1.65. The van der Waals surface area contributed by atoms with E-state index in [9.17, 15) is 9.50 Å². The molecular formula is C12H18FNO2. The molecule has 0 saturated heterocycles. The van der Waals surface area contributed by atoms with Gasteiger partial charge < -0.3 is 15.6 Å². The van der Waals surface area contributed by atoms with Gasteiger partial charge in [-0.3, -0.25) is 0 Å². The molecule has 3 nitrogen and oxygen atoms in total. The number of hydrogen-bond acceptors (Lipinski definition) is 3. The highest BCUT2D eigenvalue weighted by Gasteiger charge is 2.18. The summed E-state index contributed by atoms with van der Waals surface area (Å²) in [5.74, 6) is -0.172. The number of aliphatic hydroxyl groups excluding tert-OH is 1. The van der Waals surface area contributed by atoms with Crippen molar-refractivity contribution in [3.63, 3.8) is 0 Å². The van der Waals surface area contributed by atoms with Crippen LogP contribution < -0.4 is 10.5 Å². The maximum Gasteiger partial charge on any atom is 0.168 e. The summed E-state index contributed by atoms with van der Waals surface area (Å²) < 4.78 is 18.7. The van der Waals surface area contributed by atoms with Gasteiger partial charge in [0.2, 0.25) is 0 Å². The van der Waals surface area contributed by atoms with Crippen LogP contribution in [-0.2, 0) is 0 Å². The Balaban J connectivity index is 3.25. The molecule has 0 spiro atoms. The van der Waals surface area contributed by atoms with E-state index in [2.05, 4.69) is 0 Å². The van der Waals surface area contributed by atoms with Crippen LogP contribution in [0.15, 0.2) is 6.07 Å². The zero-order valence-electron chi connectivity index (χ0n) is 9.88. The van der Waals surface area contributed by atoms with E-state index < -0.39 is 6.10 Å². The Labute approximate surface area is 95.0 Å². The predicted molar refractivity (Wildman–Crippen MR) is 61.1 cm³/mol. The molecule has 1 atom stereocenters. The molecule has 0 aliphatic heterocycles. The number of halogens is 1. The molecule has 16 heavy (non-hydrogen) atoms. The zero-order chi connectivity index (χ0) is 12.3. The van der Waals surface area contributed by atoms with Crippen molar-refractivity contribution < 1.29 is 14.2 Å². The van der Waals surface area contributed by atoms with E-state index in [1.54, 1.807) is 19.9 Å². The van der Waals surface area contributed by atoms with E-state index in [4.69, 9.17) is 10.5 Å². The largest absolute Gasteiger partial charge is 0.493 e. The minimum absolute atomic E-state index is 0.200. The molecule has 3 N–H and O–H groups in total. The fourth-order valence-corrected chi connectivity index (χ4v) is 1.78. The van der Waals surface area contributed by atoms with Gasteiger partial charge in [-0.05, 0) is 43.5 Å². The Kier molecular flexibility index (Phi) is 4.26. The molecular weight excluding hydrogens is 209 g/mol. The maximum absolute atomic E-state index is 13.7. The van der Waals surface area contributed by atoms with Gasteiger partial charge in [0.1, 0.15) is 0 Å². The second kappa shape index (κ2) is 5.27. The number of methoxy groups -OCH3 is 1. The molecule has 0 saturated carbocycles. The third-order valence-electron chi connectivity index (χ3n) is 2.69. The van der Waals surface area contributed by atoms with Crippen molar-refractivity contribution >= 4 is 0 Å². The van der Waals surface area contributed by atoms with Crippen molar-refractivity contribution in [2.45, 2.75) is 26.4 Å². The van der Waals surface area contributed by atoms with Crippen LogP contribution in [0.2, 0.25) is 0 Å². The third-order valence-corrected chi connectivity index (χ3v) is 2.69. The van der Waals surface area contributed by atoms with Gasteiger partial charge in [-0.25, -0.2) is 4.39 Å². The molecule has 0 fully saturated rings. The SMILES string of the molecule is COc1c(C)c(C(O)CCN)cc(C)c1F. The van der Waals surface area contributed by atoms with Gasteiger partial charge in [0.15, 0.2) is 11.6 Å². The highest BCUT2D eigenvalue weighted by atomic mass is 19.1. The molecule has 1 unspecified atom stereocenters. The lowest BCUT2D eigenvalue weighted by molar-refractivity contribution is 0.169. The highest BCUT2D eigenvalue weighted by molar-refractivity contribution is 5.45. The Morgan fingerprint density at radius 1 is 1.50 bits per heavy atom. The first-order chi connectivity index (χ1) is 7.52. The molecule has 0 amide bonds. The zero-order valence-corrected chi connectivity index (χ0v) is 9.88. The van der Waals surface area contributed by atoms with Gasteiger partial charge in [0.05, 0.1) is 13.2 Å². The molecule has 1 aromatic carbocycles. The summed E-state index contributed by atoms with van der Waals surface area (Å²) in [5, 5.41) is 9.88. The summed E-state index contributed by atoms with van der Waals surface area (Å²) in [6.07, 6.45) is -0.215. The average molecular weight is 227 g/mol. The fraction of sp³-hybridized carbons (Fsp3) is 0.500. The Morgan fingerprint density at radius 2 is 2.12 bits per heavy atom. The summed E-state index contributed by atoms with van der Waals surface area (Å²) in [7, 11) is 1.42. The second-order valence-corrected chi connectivity index (χ2v) is 3.85. The van der Waals surface area contributed by atoms with E-state index in [1.165, 1.54) is 7.11 Å². The molecule has 0 bridgehead atoms. The molecule has 0 aromatic heterocycles. The van der Waals surface area contributed by atoms with Gasteiger partial charge in [0, 0.05) is 0 Å². The first-order valence-electron chi connectivity index (χ1n) is 5.24. The van der Waals surface area contributed by atoms with Crippen molar-refractivity contribution in [3.8, 4) is 5.75 Å². The first-order valence-corrected chi connectivity index (χ1v) is 5.24. The Hall–Kier alpha value is -1.13. The molecule has 0 heterocycles. The number of rotatable bonds is 4. The predicted octanol–water partition coefficient (Wildman–Crippen LogP) is 1.83.